The van der Waals surface area contributed by atoms with Gasteiger partial charge < -0.3 is 5.73 Å². The number of rotatable bonds is 4. The first kappa shape index (κ1) is 15.7. The molecule has 0 unspecified atom stereocenters. The summed E-state index contributed by atoms with van der Waals surface area (Å²) in [6, 6.07) is 5.08. The van der Waals surface area contributed by atoms with Crippen molar-refractivity contribution in [1.82, 2.24) is 0 Å². The van der Waals surface area contributed by atoms with E-state index in [0.29, 0.717) is 8.66 Å². The van der Waals surface area contributed by atoms with Gasteiger partial charge in [-0.05, 0) is 40.2 Å². The van der Waals surface area contributed by atoms with Gasteiger partial charge >= 0.3 is 0 Å². The Hall–Kier alpha value is -0.670. The van der Waals surface area contributed by atoms with Gasteiger partial charge in [0.25, 0.3) is 10.0 Å². The van der Waals surface area contributed by atoms with Gasteiger partial charge in [0.05, 0.1) is 9.47 Å². The van der Waals surface area contributed by atoms with Crippen LogP contribution in [0.2, 0.25) is 5.02 Å². The number of benzene rings is 1. The molecule has 9 heteroatoms. The molecule has 1 aromatic heterocycles. The fourth-order valence-electron chi connectivity index (χ4n) is 1.46. The summed E-state index contributed by atoms with van der Waals surface area (Å²) >= 11 is 10.1. The lowest BCUT2D eigenvalue weighted by Crippen LogP contribution is -2.13. The van der Waals surface area contributed by atoms with E-state index in [-0.39, 0.29) is 22.2 Å². The van der Waals surface area contributed by atoms with Crippen molar-refractivity contribution in [2.45, 2.75) is 11.4 Å². The minimum atomic E-state index is -3.91. The molecule has 2 rings (SSSR count). The maximum atomic E-state index is 13.6. The number of nitrogens with one attached hydrogen (secondary N) is 1. The maximum Gasteiger partial charge on any atom is 0.263 e. The quantitative estimate of drug-likeness (QED) is 0.825. The highest BCUT2D eigenvalue weighted by molar-refractivity contribution is 9.11. The number of hydrogen-bond acceptors (Lipinski definition) is 4. The van der Waals surface area contributed by atoms with E-state index in [4.69, 9.17) is 17.3 Å². The van der Waals surface area contributed by atoms with Gasteiger partial charge in [0.15, 0.2) is 0 Å². The van der Waals surface area contributed by atoms with Crippen molar-refractivity contribution >= 4 is 54.6 Å². The van der Waals surface area contributed by atoms with Crippen molar-refractivity contribution < 1.29 is 12.8 Å². The Morgan fingerprint density at radius 1 is 1.40 bits per heavy atom. The van der Waals surface area contributed by atoms with Crippen LogP contribution in [0.5, 0.6) is 0 Å². The van der Waals surface area contributed by atoms with Crippen molar-refractivity contribution in [2.24, 2.45) is 5.73 Å². The molecule has 0 aliphatic rings. The van der Waals surface area contributed by atoms with Gasteiger partial charge in [0, 0.05) is 16.4 Å². The van der Waals surface area contributed by atoms with E-state index in [0.717, 1.165) is 6.07 Å². The number of anilines is 1. The molecule has 0 fully saturated rings. The second-order valence-corrected chi connectivity index (χ2v) is 8.33. The first-order chi connectivity index (χ1) is 9.33. The summed E-state index contributed by atoms with van der Waals surface area (Å²) in [4.78, 5) is 0.714. The van der Waals surface area contributed by atoms with Gasteiger partial charge in [-0.25, -0.2) is 12.8 Å². The summed E-state index contributed by atoms with van der Waals surface area (Å²) in [5, 5.41) is 0.233. The highest BCUT2D eigenvalue weighted by Gasteiger charge is 2.22. The average molecular weight is 400 g/mol. The monoisotopic (exact) mass is 398 g/mol. The number of thiophene rings is 1. The molecular formula is C11H9BrClFN2O2S2. The molecule has 0 radical (unpaired) electrons. The molecule has 0 aliphatic carbocycles. The Labute approximate surface area is 132 Å². The molecule has 0 saturated carbocycles. The average Bonchev–Trinajstić information content (AvgIpc) is 2.76. The molecule has 0 spiro atoms. The zero-order chi connectivity index (χ0) is 14.9. The number of hydrogen-bond donors (Lipinski definition) is 2. The van der Waals surface area contributed by atoms with Crippen LogP contribution in [0.25, 0.3) is 0 Å². The number of halogens is 3. The molecule has 2 aromatic rings. The van der Waals surface area contributed by atoms with E-state index < -0.39 is 15.8 Å². The van der Waals surface area contributed by atoms with Crippen molar-refractivity contribution in [3.63, 3.8) is 0 Å². The summed E-state index contributed by atoms with van der Waals surface area (Å²) < 4.78 is 40.6. The Balaban J connectivity index is 2.40. The van der Waals surface area contributed by atoms with Crippen molar-refractivity contribution in [3.8, 4) is 0 Å². The highest BCUT2D eigenvalue weighted by Crippen LogP contribution is 2.33. The van der Waals surface area contributed by atoms with Crippen LogP contribution in [0.4, 0.5) is 10.1 Å². The first-order valence-corrected chi connectivity index (χ1v) is 8.76. The molecule has 20 heavy (non-hydrogen) atoms. The molecule has 3 N–H and O–H groups in total. The fourth-order valence-corrected chi connectivity index (χ4v) is 5.25. The largest absolute Gasteiger partial charge is 0.326 e. The molecule has 0 saturated heterocycles. The molecule has 108 valence electrons. The van der Waals surface area contributed by atoms with Crippen LogP contribution < -0.4 is 10.5 Å². The Bertz CT molecular complexity index is 749. The lowest BCUT2D eigenvalue weighted by atomic mass is 10.3. The number of nitrogens with two attached hydrogens (primary N) is 1. The van der Waals surface area contributed by atoms with E-state index >= 15 is 0 Å². The SMILES string of the molecule is NCc1cc(S(=O)(=O)Nc2cc(Cl)ccc2F)c(Br)s1. The van der Waals surface area contributed by atoms with E-state index in [1.807, 2.05) is 0 Å². The smallest absolute Gasteiger partial charge is 0.263 e. The summed E-state index contributed by atoms with van der Waals surface area (Å²) in [6.45, 7) is 0.227. The lowest BCUT2D eigenvalue weighted by molar-refractivity contribution is 0.598. The van der Waals surface area contributed by atoms with Crippen LogP contribution >= 0.6 is 38.9 Å². The van der Waals surface area contributed by atoms with Crippen LogP contribution in [-0.2, 0) is 16.6 Å². The lowest BCUT2D eigenvalue weighted by Gasteiger charge is -2.08. The van der Waals surface area contributed by atoms with Crippen LogP contribution in [0.15, 0.2) is 32.9 Å². The molecule has 4 nitrogen and oxygen atoms in total. The summed E-state index contributed by atoms with van der Waals surface area (Å²) in [7, 11) is -3.91. The maximum absolute atomic E-state index is 13.6. The van der Waals surface area contributed by atoms with E-state index in [9.17, 15) is 12.8 Å². The standard InChI is InChI=1S/C11H9BrClFN2O2S2/c12-11-10(4-7(5-15)19-11)20(17,18)16-9-3-6(13)1-2-8(9)14/h1-4,16H,5,15H2. The van der Waals surface area contributed by atoms with Gasteiger partial charge in [-0.2, -0.15) is 0 Å². The first-order valence-electron chi connectivity index (χ1n) is 5.29. The molecular weight excluding hydrogens is 391 g/mol. The third-order valence-corrected chi connectivity index (χ3v) is 6.24. The van der Waals surface area contributed by atoms with Crippen molar-refractivity contribution in [3.05, 3.63) is 43.8 Å². The highest BCUT2D eigenvalue weighted by atomic mass is 79.9. The van der Waals surface area contributed by atoms with Gasteiger partial charge in [-0.15, -0.1) is 11.3 Å². The molecule has 0 aliphatic heterocycles. The predicted molar refractivity (Wildman–Crippen MR) is 82.1 cm³/mol. The van der Waals surface area contributed by atoms with Crippen molar-refractivity contribution in [2.75, 3.05) is 4.72 Å². The van der Waals surface area contributed by atoms with Gasteiger partial charge in [-0.3, -0.25) is 4.72 Å². The topological polar surface area (TPSA) is 72.2 Å². The Morgan fingerprint density at radius 3 is 2.70 bits per heavy atom. The normalized spacial score (nSPS) is 11.6. The molecule has 1 aromatic carbocycles. The Morgan fingerprint density at radius 2 is 2.10 bits per heavy atom. The third-order valence-electron chi connectivity index (χ3n) is 2.37. The zero-order valence-electron chi connectivity index (χ0n) is 9.86. The van der Waals surface area contributed by atoms with Gasteiger partial charge in [0.1, 0.15) is 10.7 Å². The van der Waals surface area contributed by atoms with Crippen LogP contribution in [0.1, 0.15) is 4.88 Å². The summed E-state index contributed by atoms with van der Waals surface area (Å²) in [5.74, 6) is -0.705. The summed E-state index contributed by atoms with van der Waals surface area (Å²) in [6.07, 6.45) is 0. The third kappa shape index (κ3) is 3.32. The minimum Gasteiger partial charge on any atom is -0.326 e. The van der Waals surface area contributed by atoms with Crippen LogP contribution in [0.3, 0.4) is 0 Å². The van der Waals surface area contributed by atoms with E-state index in [2.05, 4.69) is 20.7 Å². The second kappa shape index (κ2) is 5.98. The fraction of sp³-hybridized carbons (Fsp3) is 0.0909. The molecule has 0 atom stereocenters. The molecule has 0 bridgehead atoms. The van der Waals surface area contributed by atoms with Gasteiger partial charge in [-0.1, -0.05) is 11.6 Å². The van der Waals surface area contributed by atoms with E-state index in [1.54, 1.807) is 0 Å². The van der Waals surface area contributed by atoms with E-state index in [1.165, 1.54) is 29.5 Å². The molecule has 1 heterocycles. The van der Waals surface area contributed by atoms with Crippen LogP contribution in [-0.4, -0.2) is 8.42 Å². The second-order valence-electron chi connectivity index (χ2n) is 3.78. The summed E-state index contributed by atoms with van der Waals surface area (Å²) in [5.41, 5.74) is 5.26. The number of sulfonamides is 1. The van der Waals surface area contributed by atoms with Crippen molar-refractivity contribution in [1.29, 1.82) is 0 Å². The predicted octanol–water partition coefficient (Wildman–Crippen LogP) is 3.56. The Kier molecular flexibility index (Phi) is 4.70. The van der Waals surface area contributed by atoms with Gasteiger partial charge in [0.2, 0.25) is 0 Å². The zero-order valence-corrected chi connectivity index (χ0v) is 13.8. The van der Waals surface area contributed by atoms with Crippen LogP contribution in [0, 0.1) is 5.82 Å². The molecule has 0 amide bonds. The minimum absolute atomic E-state index is 0.0160.